The van der Waals surface area contributed by atoms with Gasteiger partial charge in [0.15, 0.2) is 0 Å². The van der Waals surface area contributed by atoms with E-state index in [1.165, 1.54) is 12.1 Å². The molecule has 0 spiro atoms. The number of hydrogen-bond donors (Lipinski definition) is 2. The lowest BCUT2D eigenvalue weighted by atomic mass is 10.0. The van der Waals surface area contributed by atoms with Crippen LogP contribution in [0.2, 0.25) is 0 Å². The van der Waals surface area contributed by atoms with E-state index < -0.39 is 5.82 Å². The number of H-pyrrole nitrogens is 1. The number of fused-ring (bicyclic) bond motifs is 1. The van der Waals surface area contributed by atoms with Gasteiger partial charge in [0, 0.05) is 24.8 Å². The van der Waals surface area contributed by atoms with Crippen molar-refractivity contribution in [2.75, 3.05) is 25.0 Å². The number of nitrogens with zero attached hydrogens (tertiary/aromatic N) is 4. The quantitative estimate of drug-likeness (QED) is 0.445. The van der Waals surface area contributed by atoms with Gasteiger partial charge in [0.05, 0.1) is 28.8 Å². The van der Waals surface area contributed by atoms with Crippen LogP contribution >= 0.6 is 0 Å². The predicted molar refractivity (Wildman–Crippen MR) is 136 cm³/mol. The Kier molecular flexibility index (Phi) is 6.20. The van der Waals surface area contributed by atoms with Crippen molar-refractivity contribution in [1.29, 1.82) is 5.26 Å². The van der Waals surface area contributed by atoms with Crippen molar-refractivity contribution in [2.45, 2.75) is 32.7 Å². The van der Waals surface area contributed by atoms with Gasteiger partial charge in [0.2, 0.25) is 5.91 Å². The molecule has 2 aromatic carbocycles. The highest BCUT2D eigenvalue weighted by molar-refractivity contribution is 5.93. The standard InChI is InChI=1S/C27H27FN6O2/c1-17-18(2)33(21-7-5-6-19(28)14-21)26(22(17)15-29)31-25(35)16-32-12-10-20(11-13-32)34-24-9-4-3-8-23(24)30-27(34)36/h3-9,14,20H,10-13,16H2,1-2H3,(H,30,36)(H,31,35). The SMILES string of the molecule is Cc1c(C#N)c(NC(=O)CN2CCC(n3c(=O)[nH]c4ccccc43)CC2)n(-c2cccc(F)c2)c1C. The molecule has 1 amide bonds. The van der Waals surface area contributed by atoms with E-state index in [0.29, 0.717) is 30.2 Å². The highest BCUT2D eigenvalue weighted by Gasteiger charge is 2.26. The van der Waals surface area contributed by atoms with Gasteiger partial charge in [-0.2, -0.15) is 5.26 Å². The highest BCUT2D eigenvalue weighted by Crippen LogP contribution is 2.30. The van der Waals surface area contributed by atoms with Gasteiger partial charge in [-0.1, -0.05) is 18.2 Å². The zero-order valence-electron chi connectivity index (χ0n) is 20.2. The average Bonchev–Trinajstić information content (AvgIpc) is 3.31. The largest absolute Gasteiger partial charge is 0.326 e. The summed E-state index contributed by atoms with van der Waals surface area (Å²) in [5.74, 6) is -0.293. The summed E-state index contributed by atoms with van der Waals surface area (Å²) < 4.78 is 17.5. The molecule has 9 heteroatoms. The van der Waals surface area contributed by atoms with Gasteiger partial charge in [-0.05, 0) is 62.6 Å². The molecule has 0 saturated carbocycles. The molecule has 1 aliphatic rings. The fraction of sp³-hybridized carbons (Fsp3) is 0.296. The normalized spacial score (nSPS) is 14.7. The maximum absolute atomic E-state index is 13.9. The Balaban J connectivity index is 1.30. The number of halogens is 1. The number of rotatable bonds is 5. The Bertz CT molecular complexity index is 1550. The summed E-state index contributed by atoms with van der Waals surface area (Å²) in [6.45, 7) is 5.15. The first-order valence-electron chi connectivity index (χ1n) is 12.0. The van der Waals surface area contributed by atoms with Gasteiger partial charge < -0.3 is 10.3 Å². The average molecular weight is 487 g/mol. The van der Waals surface area contributed by atoms with E-state index in [4.69, 9.17) is 0 Å². The van der Waals surface area contributed by atoms with Crippen molar-refractivity contribution in [2.24, 2.45) is 0 Å². The molecular weight excluding hydrogens is 459 g/mol. The summed E-state index contributed by atoms with van der Waals surface area (Å²) in [6, 6.07) is 16.0. The van der Waals surface area contributed by atoms with Crippen LogP contribution in [0.4, 0.5) is 10.2 Å². The molecule has 1 aliphatic heterocycles. The fourth-order valence-electron chi connectivity index (χ4n) is 5.15. The van der Waals surface area contributed by atoms with Gasteiger partial charge >= 0.3 is 5.69 Å². The molecule has 2 N–H and O–H groups in total. The number of nitrogens with one attached hydrogen (secondary N) is 2. The Morgan fingerprint density at radius 2 is 1.92 bits per heavy atom. The molecule has 184 valence electrons. The minimum atomic E-state index is -0.397. The van der Waals surface area contributed by atoms with E-state index in [2.05, 4.69) is 16.4 Å². The lowest BCUT2D eigenvalue weighted by Gasteiger charge is -2.32. The molecule has 0 atom stereocenters. The number of carbonyl (C=O) groups excluding carboxylic acids is 1. The van der Waals surface area contributed by atoms with Gasteiger partial charge in [-0.3, -0.25) is 18.8 Å². The van der Waals surface area contributed by atoms with Crippen LogP contribution in [-0.4, -0.2) is 44.6 Å². The monoisotopic (exact) mass is 486 g/mol. The summed E-state index contributed by atoms with van der Waals surface area (Å²) in [4.78, 5) is 30.5. The van der Waals surface area contributed by atoms with E-state index in [1.54, 1.807) is 16.7 Å². The molecule has 1 saturated heterocycles. The second-order valence-electron chi connectivity index (χ2n) is 9.23. The van der Waals surface area contributed by atoms with Crippen LogP contribution in [0.25, 0.3) is 16.7 Å². The lowest BCUT2D eigenvalue weighted by molar-refractivity contribution is -0.117. The molecule has 1 fully saturated rings. The summed E-state index contributed by atoms with van der Waals surface area (Å²) in [5.41, 5.74) is 4.01. The first-order chi connectivity index (χ1) is 17.4. The van der Waals surface area contributed by atoms with Crippen LogP contribution in [0.3, 0.4) is 0 Å². The molecular formula is C27H27FN6O2. The number of hydrogen-bond acceptors (Lipinski definition) is 4. The number of piperidine rings is 1. The van der Waals surface area contributed by atoms with Gasteiger partial charge in [0.25, 0.3) is 0 Å². The highest BCUT2D eigenvalue weighted by atomic mass is 19.1. The third-order valence-electron chi connectivity index (χ3n) is 7.06. The van der Waals surface area contributed by atoms with Crippen molar-refractivity contribution >= 4 is 22.8 Å². The maximum atomic E-state index is 13.9. The van der Waals surface area contributed by atoms with Crippen LogP contribution in [-0.2, 0) is 4.79 Å². The number of carbonyl (C=O) groups is 1. The number of aromatic nitrogens is 3. The van der Waals surface area contributed by atoms with Gasteiger partial charge in [-0.15, -0.1) is 0 Å². The smallest absolute Gasteiger partial charge is 0.310 e. The third kappa shape index (κ3) is 4.20. The van der Waals surface area contributed by atoms with Crippen LogP contribution in [0.1, 0.15) is 35.7 Å². The van der Waals surface area contributed by atoms with Crippen molar-refractivity contribution < 1.29 is 9.18 Å². The first kappa shape index (κ1) is 23.6. The lowest BCUT2D eigenvalue weighted by Crippen LogP contribution is -2.41. The number of anilines is 1. The zero-order chi connectivity index (χ0) is 25.4. The Labute approximate surface area is 207 Å². The maximum Gasteiger partial charge on any atom is 0.326 e. The van der Waals surface area contributed by atoms with E-state index in [0.717, 1.165) is 35.1 Å². The number of amides is 1. The molecule has 0 bridgehead atoms. The van der Waals surface area contributed by atoms with E-state index in [9.17, 15) is 19.2 Å². The summed E-state index contributed by atoms with van der Waals surface area (Å²) in [7, 11) is 0. The summed E-state index contributed by atoms with van der Waals surface area (Å²) >= 11 is 0. The molecule has 0 radical (unpaired) electrons. The van der Waals surface area contributed by atoms with Crippen molar-refractivity contribution in [3.05, 3.63) is 81.7 Å². The molecule has 0 aliphatic carbocycles. The Morgan fingerprint density at radius 3 is 2.64 bits per heavy atom. The van der Waals surface area contributed by atoms with Crippen molar-refractivity contribution in [3.63, 3.8) is 0 Å². The number of imidazole rings is 1. The molecule has 0 unspecified atom stereocenters. The molecule has 3 heterocycles. The Hall–Kier alpha value is -4.16. The summed E-state index contributed by atoms with van der Waals surface area (Å²) in [6.07, 6.45) is 1.49. The molecule has 36 heavy (non-hydrogen) atoms. The van der Waals surface area contributed by atoms with Gasteiger partial charge in [-0.25, -0.2) is 9.18 Å². The number of benzene rings is 2. The molecule has 8 nitrogen and oxygen atoms in total. The molecule has 5 rings (SSSR count). The minimum Gasteiger partial charge on any atom is -0.310 e. The van der Waals surface area contributed by atoms with Crippen LogP contribution < -0.4 is 11.0 Å². The summed E-state index contributed by atoms with van der Waals surface area (Å²) in [5, 5.41) is 12.7. The van der Waals surface area contributed by atoms with E-state index in [1.807, 2.05) is 47.6 Å². The second kappa shape index (κ2) is 9.47. The number of nitriles is 1. The number of aromatic amines is 1. The van der Waals surface area contributed by atoms with Crippen LogP contribution in [0, 0.1) is 31.0 Å². The van der Waals surface area contributed by atoms with E-state index in [-0.39, 0.29) is 24.2 Å². The number of para-hydroxylation sites is 2. The van der Waals surface area contributed by atoms with Crippen molar-refractivity contribution in [3.8, 4) is 11.8 Å². The van der Waals surface area contributed by atoms with E-state index >= 15 is 0 Å². The predicted octanol–water partition coefficient (Wildman–Crippen LogP) is 4.02. The molecule has 2 aromatic heterocycles. The molecule has 4 aromatic rings. The van der Waals surface area contributed by atoms with Crippen LogP contribution in [0.5, 0.6) is 0 Å². The third-order valence-corrected chi connectivity index (χ3v) is 7.06. The number of likely N-dealkylation sites (tertiary alicyclic amines) is 1. The topological polar surface area (TPSA) is 98.8 Å². The van der Waals surface area contributed by atoms with Crippen LogP contribution in [0.15, 0.2) is 53.3 Å². The minimum absolute atomic E-state index is 0.0636. The van der Waals surface area contributed by atoms with Gasteiger partial charge in [0.1, 0.15) is 17.7 Å². The second-order valence-corrected chi connectivity index (χ2v) is 9.23. The zero-order valence-corrected chi connectivity index (χ0v) is 20.2. The Morgan fingerprint density at radius 1 is 1.17 bits per heavy atom. The fourth-order valence-corrected chi connectivity index (χ4v) is 5.15. The first-order valence-corrected chi connectivity index (χ1v) is 12.0. The van der Waals surface area contributed by atoms with Crippen molar-refractivity contribution in [1.82, 2.24) is 19.0 Å².